The second-order valence-electron chi connectivity index (χ2n) is 8.94. The molecule has 0 spiro atoms. The number of nitrogens with zero attached hydrogens (tertiary/aromatic N) is 2. The quantitative estimate of drug-likeness (QED) is 0.300. The fourth-order valence-electron chi connectivity index (χ4n) is 4.67. The zero-order chi connectivity index (χ0) is 25.7. The van der Waals surface area contributed by atoms with Crippen LogP contribution in [0.4, 0.5) is 9.52 Å². The van der Waals surface area contributed by atoms with Gasteiger partial charge < -0.3 is 19.5 Å². The average Bonchev–Trinajstić information content (AvgIpc) is 3.27. The van der Waals surface area contributed by atoms with Gasteiger partial charge in [-0.25, -0.2) is 9.37 Å². The highest BCUT2D eigenvalue weighted by Crippen LogP contribution is 2.57. The van der Waals surface area contributed by atoms with Crippen LogP contribution in [0.25, 0.3) is 21.1 Å². The Hall–Kier alpha value is -4.24. The number of aromatic nitrogens is 2. The molecule has 7 nitrogen and oxygen atoms in total. The molecule has 2 aromatic heterocycles. The van der Waals surface area contributed by atoms with Crippen LogP contribution in [0.1, 0.15) is 13.3 Å². The maximum Gasteiger partial charge on any atom is 0.230 e. The van der Waals surface area contributed by atoms with Crippen LogP contribution in [0.5, 0.6) is 23.0 Å². The van der Waals surface area contributed by atoms with Crippen molar-refractivity contribution in [1.29, 1.82) is 0 Å². The van der Waals surface area contributed by atoms with Gasteiger partial charge in [0, 0.05) is 41.6 Å². The molecule has 0 saturated heterocycles. The van der Waals surface area contributed by atoms with E-state index in [-0.39, 0.29) is 17.1 Å². The molecule has 186 valence electrons. The number of ether oxygens (including phenoxy) is 3. The lowest BCUT2D eigenvalue weighted by Gasteiger charge is -2.12. The number of hydrogen-bond acceptors (Lipinski definition) is 7. The molecule has 4 aromatic rings. The average molecular weight is 516 g/mol. The Morgan fingerprint density at radius 2 is 1.86 bits per heavy atom. The summed E-state index contributed by atoms with van der Waals surface area (Å²) < 4.78 is 32.4. The summed E-state index contributed by atoms with van der Waals surface area (Å²) in [6.45, 7) is 2.10. The molecule has 2 aromatic carbocycles. The van der Waals surface area contributed by atoms with Crippen molar-refractivity contribution in [3.05, 3.63) is 77.8 Å². The highest BCUT2D eigenvalue weighted by molar-refractivity contribution is 7.22. The molecule has 6 rings (SSSR count). The molecule has 9 heteroatoms. The Labute approximate surface area is 215 Å². The molecule has 0 bridgehead atoms. The molecule has 0 unspecified atom stereocenters. The summed E-state index contributed by atoms with van der Waals surface area (Å²) in [5.41, 5.74) is 3.25. The zero-order valence-electron chi connectivity index (χ0n) is 20.3. The second kappa shape index (κ2) is 8.70. The van der Waals surface area contributed by atoms with Crippen molar-refractivity contribution in [3.63, 3.8) is 0 Å². The van der Waals surface area contributed by atoms with Gasteiger partial charge in [-0.2, -0.15) is 0 Å². The van der Waals surface area contributed by atoms with E-state index < -0.39 is 5.82 Å². The number of anilines is 1. The lowest BCUT2D eigenvalue weighted by molar-refractivity contribution is -0.115. The minimum absolute atomic E-state index is 0.0387. The van der Waals surface area contributed by atoms with Crippen molar-refractivity contribution in [2.75, 3.05) is 19.5 Å². The number of nitrogens with one attached hydrogen (secondary N) is 1. The summed E-state index contributed by atoms with van der Waals surface area (Å²) in [6, 6.07) is 8.03. The van der Waals surface area contributed by atoms with Crippen LogP contribution in [0.3, 0.4) is 0 Å². The third kappa shape index (κ3) is 4.01. The Balaban J connectivity index is 1.24. The van der Waals surface area contributed by atoms with Crippen LogP contribution >= 0.6 is 11.3 Å². The summed E-state index contributed by atoms with van der Waals surface area (Å²) in [7, 11) is 3.09. The van der Waals surface area contributed by atoms with Crippen molar-refractivity contribution in [2.45, 2.75) is 13.3 Å². The van der Waals surface area contributed by atoms with E-state index in [1.54, 1.807) is 37.6 Å². The number of fused-ring (bicyclic) bond motifs is 3. The van der Waals surface area contributed by atoms with E-state index in [2.05, 4.69) is 28.3 Å². The van der Waals surface area contributed by atoms with Crippen molar-refractivity contribution in [1.82, 2.24) is 9.97 Å². The maximum atomic E-state index is 15.0. The number of hydrogen-bond donors (Lipinski definition) is 1. The fraction of sp³-hybridized carbons (Fsp3) is 0.179. The van der Waals surface area contributed by atoms with E-state index in [0.29, 0.717) is 49.9 Å². The van der Waals surface area contributed by atoms with Crippen LogP contribution in [-0.4, -0.2) is 30.1 Å². The highest BCUT2D eigenvalue weighted by Gasteiger charge is 2.46. The predicted octanol–water partition coefficient (Wildman–Crippen LogP) is 6.56. The monoisotopic (exact) mass is 515 g/mol. The molecule has 1 atom stereocenters. The Kier molecular flexibility index (Phi) is 5.45. The van der Waals surface area contributed by atoms with E-state index in [1.165, 1.54) is 30.1 Å². The number of amides is 1. The highest BCUT2D eigenvalue weighted by atomic mass is 32.1. The van der Waals surface area contributed by atoms with E-state index in [4.69, 9.17) is 14.2 Å². The number of pyridine rings is 1. The first-order valence-electron chi connectivity index (χ1n) is 11.6. The molecule has 0 aliphatic heterocycles. The summed E-state index contributed by atoms with van der Waals surface area (Å²) >= 11 is 1.26. The lowest BCUT2D eigenvalue weighted by atomic mass is 9.96. The number of carbonyl (C=O) groups excluding carboxylic acids is 1. The zero-order valence-corrected chi connectivity index (χ0v) is 21.1. The van der Waals surface area contributed by atoms with Gasteiger partial charge in [0.2, 0.25) is 5.91 Å². The van der Waals surface area contributed by atoms with Gasteiger partial charge in [0.25, 0.3) is 0 Å². The number of methoxy groups -OCH3 is 2. The third-order valence-corrected chi connectivity index (χ3v) is 7.64. The molecular weight excluding hydrogens is 493 g/mol. The van der Waals surface area contributed by atoms with Crippen molar-refractivity contribution < 1.29 is 23.4 Å². The number of thiazole rings is 1. The first kappa shape index (κ1) is 23.2. The summed E-state index contributed by atoms with van der Waals surface area (Å²) in [5.74, 6) is 0.780. The third-order valence-electron chi connectivity index (χ3n) is 6.71. The standard InChI is InChI=1S/C28H22FN3O4S/c1-28-8-5-4-6-16(28)17(28)11-26(33)32-27-31-20-12-18(29)22(14-25(20)37-27)36-21-7-9-30-19-13-24(35-3)23(34-2)10-15(19)21/h4-10,12-14H,11H2,1-3H3,(H,31,32,33)/t28-/m1/s1. The van der Waals surface area contributed by atoms with E-state index in [0.717, 1.165) is 5.57 Å². The number of allylic oxidation sites excluding steroid dienone is 5. The second-order valence-corrected chi connectivity index (χ2v) is 9.97. The number of benzene rings is 2. The smallest absolute Gasteiger partial charge is 0.230 e. The normalized spacial score (nSPS) is 17.7. The van der Waals surface area contributed by atoms with Crippen LogP contribution in [-0.2, 0) is 4.79 Å². The minimum Gasteiger partial charge on any atom is -0.493 e. The molecule has 0 fully saturated rings. The van der Waals surface area contributed by atoms with Gasteiger partial charge in [-0.3, -0.25) is 9.78 Å². The van der Waals surface area contributed by atoms with Crippen molar-refractivity contribution in [3.8, 4) is 23.0 Å². The fourth-order valence-corrected chi connectivity index (χ4v) is 5.56. The summed E-state index contributed by atoms with van der Waals surface area (Å²) in [5, 5.41) is 3.91. The lowest BCUT2D eigenvalue weighted by Crippen LogP contribution is -2.12. The van der Waals surface area contributed by atoms with Crippen LogP contribution < -0.4 is 19.5 Å². The summed E-state index contributed by atoms with van der Waals surface area (Å²) in [6.07, 6.45) is 10.0. The molecule has 2 heterocycles. The van der Waals surface area contributed by atoms with Gasteiger partial charge in [-0.1, -0.05) is 35.6 Å². The van der Waals surface area contributed by atoms with Gasteiger partial charge >= 0.3 is 0 Å². The molecule has 2 aliphatic carbocycles. The molecule has 1 amide bonds. The van der Waals surface area contributed by atoms with Crippen molar-refractivity contribution in [2.24, 2.45) is 5.41 Å². The van der Waals surface area contributed by atoms with Gasteiger partial charge in [-0.15, -0.1) is 0 Å². The van der Waals surface area contributed by atoms with E-state index in [1.807, 2.05) is 18.2 Å². The SMILES string of the molecule is COc1cc2nccc(Oc3cc4sc(NC(=O)CC5=C6C=CC=C[C@]65C)nc4cc3F)c2cc1OC. The van der Waals surface area contributed by atoms with Gasteiger partial charge in [0.15, 0.2) is 28.2 Å². The van der Waals surface area contributed by atoms with Crippen molar-refractivity contribution >= 4 is 43.5 Å². The van der Waals surface area contributed by atoms with Gasteiger partial charge in [-0.05, 0) is 30.2 Å². The molecule has 0 saturated carbocycles. The topological polar surface area (TPSA) is 82.6 Å². The maximum absolute atomic E-state index is 15.0. The van der Waals surface area contributed by atoms with Gasteiger partial charge in [0.1, 0.15) is 5.75 Å². The molecule has 0 radical (unpaired) electrons. The Bertz CT molecular complexity index is 1690. The molecular formula is C28H22FN3O4S. The van der Waals surface area contributed by atoms with Gasteiger partial charge in [0.05, 0.1) is 30.0 Å². The van der Waals surface area contributed by atoms with Crippen LogP contribution in [0.15, 0.2) is 72.0 Å². The summed E-state index contributed by atoms with van der Waals surface area (Å²) in [4.78, 5) is 21.4. The Morgan fingerprint density at radius 1 is 1.05 bits per heavy atom. The van der Waals surface area contributed by atoms with Crippen LogP contribution in [0, 0.1) is 11.2 Å². The molecule has 2 aliphatic rings. The first-order valence-corrected chi connectivity index (χ1v) is 12.4. The molecule has 1 N–H and O–H groups in total. The largest absolute Gasteiger partial charge is 0.493 e. The minimum atomic E-state index is -0.568. The Morgan fingerprint density at radius 3 is 2.62 bits per heavy atom. The first-order chi connectivity index (χ1) is 17.9. The number of carbonyl (C=O) groups is 1. The molecule has 37 heavy (non-hydrogen) atoms. The predicted molar refractivity (Wildman–Crippen MR) is 141 cm³/mol. The van der Waals surface area contributed by atoms with E-state index in [9.17, 15) is 4.79 Å². The number of rotatable bonds is 7. The number of halogens is 1. The van der Waals surface area contributed by atoms with Crippen LogP contribution in [0.2, 0.25) is 0 Å². The van der Waals surface area contributed by atoms with E-state index >= 15 is 4.39 Å².